The van der Waals surface area contributed by atoms with E-state index in [1.807, 2.05) is 19.1 Å². The van der Waals surface area contributed by atoms with Crippen LogP contribution in [0.15, 0.2) is 17.2 Å². The predicted molar refractivity (Wildman–Crippen MR) is 62.4 cm³/mol. The van der Waals surface area contributed by atoms with E-state index in [0.29, 0.717) is 24.8 Å². The molecule has 0 radical (unpaired) electrons. The Morgan fingerprint density at radius 2 is 2.27 bits per heavy atom. The van der Waals surface area contributed by atoms with Crippen LogP contribution in [-0.2, 0) is 4.74 Å². The van der Waals surface area contributed by atoms with Crippen LogP contribution in [0.25, 0.3) is 0 Å². The Hall–Kier alpha value is -0.940. The first-order valence-corrected chi connectivity index (χ1v) is 5.77. The second-order valence-corrected chi connectivity index (χ2v) is 3.93. The first kappa shape index (κ1) is 12.1. The Kier molecular flexibility index (Phi) is 5.28. The normalized spacial score (nSPS) is 10.3. The SMILES string of the molecule is CCOc1nc(SCCOC)ccc1N. The Bertz CT molecular complexity index is 307. The van der Waals surface area contributed by atoms with Crippen molar-refractivity contribution < 1.29 is 9.47 Å². The van der Waals surface area contributed by atoms with Crippen molar-refractivity contribution in [3.63, 3.8) is 0 Å². The van der Waals surface area contributed by atoms with Crippen LogP contribution >= 0.6 is 11.8 Å². The van der Waals surface area contributed by atoms with Crippen molar-refractivity contribution >= 4 is 17.4 Å². The highest BCUT2D eigenvalue weighted by Crippen LogP contribution is 2.23. The maximum atomic E-state index is 5.71. The third-order valence-corrected chi connectivity index (χ3v) is 2.58. The third kappa shape index (κ3) is 3.97. The standard InChI is InChI=1S/C10H16N2O2S/c1-3-14-10-8(11)4-5-9(12-10)15-7-6-13-2/h4-5H,3,6-7,11H2,1-2H3. The molecule has 4 nitrogen and oxygen atoms in total. The quantitative estimate of drug-likeness (QED) is 0.594. The molecular formula is C10H16N2O2S. The van der Waals surface area contributed by atoms with Gasteiger partial charge in [0.05, 0.1) is 18.9 Å². The zero-order valence-electron chi connectivity index (χ0n) is 9.03. The molecule has 0 saturated carbocycles. The monoisotopic (exact) mass is 228 g/mol. The Balaban J connectivity index is 2.61. The van der Waals surface area contributed by atoms with Crippen molar-refractivity contribution in [3.05, 3.63) is 12.1 Å². The number of anilines is 1. The fourth-order valence-electron chi connectivity index (χ4n) is 0.997. The molecule has 0 amide bonds. The van der Waals surface area contributed by atoms with Gasteiger partial charge >= 0.3 is 0 Å². The average Bonchev–Trinajstić information content (AvgIpc) is 2.23. The second-order valence-electron chi connectivity index (χ2n) is 2.82. The van der Waals surface area contributed by atoms with Crippen LogP contribution in [0.1, 0.15) is 6.92 Å². The topological polar surface area (TPSA) is 57.4 Å². The molecule has 2 N–H and O–H groups in total. The number of hydrogen-bond acceptors (Lipinski definition) is 5. The van der Waals surface area contributed by atoms with Crippen LogP contribution in [0.2, 0.25) is 0 Å². The van der Waals surface area contributed by atoms with Crippen molar-refractivity contribution in [1.29, 1.82) is 0 Å². The highest BCUT2D eigenvalue weighted by atomic mass is 32.2. The maximum absolute atomic E-state index is 5.71. The summed E-state index contributed by atoms with van der Waals surface area (Å²) in [5.41, 5.74) is 6.29. The summed E-state index contributed by atoms with van der Waals surface area (Å²) < 4.78 is 10.3. The molecule has 15 heavy (non-hydrogen) atoms. The summed E-state index contributed by atoms with van der Waals surface area (Å²) in [5.74, 6) is 1.39. The van der Waals surface area contributed by atoms with Gasteiger partial charge in [0, 0.05) is 12.9 Å². The highest BCUT2D eigenvalue weighted by Gasteiger charge is 2.03. The molecule has 5 heteroatoms. The Morgan fingerprint density at radius 1 is 1.47 bits per heavy atom. The van der Waals surface area contributed by atoms with Crippen LogP contribution in [0, 0.1) is 0 Å². The summed E-state index contributed by atoms with van der Waals surface area (Å²) in [4.78, 5) is 4.29. The van der Waals surface area contributed by atoms with E-state index >= 15 is 0 Å². The largest absolute Gasteiger partial charge is 0.476 e. The molecule has 1 aromatic rings. The van der Waals surface area contributed by atoms with Gasteiger partial charge in [-0.15, -0.1) is 11.8 Å². The first-order chi connectivity index (χ1) is 7.27. The van der Waals surface area contributed by atoms with Crippen molar-refractivity contribution in [3.8, 4) is 5.88 Å². The minimum absolute atomic E-state index is 0.514. The van der Waals surface area contributed by atoms with E-state index in [9.17, 15) is 0 Å². The van der Waals surface area contributed by atoms with Gasteiger partial charge in [0.15, 0.2) is 0 Å². The van der Waals surface area contributed by atoms with Crippen LogP contribution in [0.5, 0.6) is 5.88 Å². The lowest BCUT2D eigenvalue weighted by Crippen LogP contribution is -2.00. The van der Waals surface area contributed by atoms with E-state index in [-0.39, 0.29) is 0 Å². The number of nitrogen functional groups attached to an aromatic ring is 1. The van der Waals surface area contributed by atoms with E-state index in [1.165, 1.54) is 0 Å². The molecule has 0 saturated heterocycles. The van der Waals surface area contributed by atoms with Gasteiger partial charge in [-0.3, -0.25) is 0 Å². The van der Waals surface area contributed by atoms with Gasteiger partial charge < -0.3 is 15.2 Å². The molecule has 0 unspecified atom stereocenters. The van der Waals surface area contributed by atoms with Crippen LogP contribution in [0.4, 0.5) is 5.69 Å². The Labute approximate surface area is 94.2 Å². The third-order valence-electron chi connectivity index (χ3n) is 1.68. The van der Waals surface area contributed by atoms with Crippen molar-refractivity contribution in [2.24, 2.45) is 0 Å². The molecule has 84 valence electrons. The molecule has 0 spiro atoms. The van der Waals surface area contributed by atoms with Crippen molar-refractivity contribution in [2.75, 3.05) is 31.8 Å². The lowest BCUT2D eigenvalue weighted by atomic mass is 10.4. The molecular weight excluding hydrogens is 212 g/mol. The summed E-state index contributed by atoms with van der Waals surface area (Å²) >= 11 is 1.62. The summed E-state index contributed by atoms with van der Waals surface area (Å²) in [5, 5.41) is 0.907. The van der Waals surface area contributed by atoms with Gasteiger partial charge in [-0.05, 0) is 19.1 Å². The number of hydrogen-bond donors (Lipinski definition) is 1. The lowest BCUT2D eigenvalue weighted by molar-refractivity contribution is 0.218. The van der Waals surface area contributed by atoms with Gasteiger partial charge in [0.25, 0.3) is 0 Å². The van der Waals surface area contributed by atoms with E-state index in [0.717, 1.165) is 10.8 Å². The lowest BCUT2D eigenvalue weighted by Gasteiger charge is -2.07. The molecule has 0 aliphatic rings. The molecule has 1 aromatic heterocycles. The number of ether oxygens (including phenoxy) is 2. The number of methoxy groups -OCH3 is 1. The first-order valence-electron chi connectivity index (χ1n) is 4.79. The van der Waals surface area contributed by atoms with E-state index in [1.54, 1.807) is 18.9 Å². The van der Waals surface area contributed by atoms with Crippen molar-refractivity contribution in [1.82, 2.24) is 4.98 Å². The summed E-state index contributed by atoms with van der Waals surface area (Å²) in [7, 11) is 1.68. The van der Waals surface area contributed by atoms with Gasteiger partial charge in [0.2, 0.25) is 5.88 Å². The van der Waals surface area contributed by atoms with Gasteiger partial charge in [-0.25, -0.2) is 4.98 Å². The van der Waals surface area contributed by atoms with Gasteiger partial charge in [-0.1, -0.05) is 0 Å². The molecule has 0 aromatic carbocycles. The minimum Gasteiger partial charge on any atom is -0.476 e. The minimum atomic E-state index is 0.514. The fourth-order valence-corrected chi connectivity index (χ4v) is 1.77. The van der Waals surface area contributed by atoms with Crippen LogP contribution in [-0.4, -0.2) is 31.1 Å². The average molecular weight is 228 g/mol. The maximum Gasteiger partial charge on any atom is 0.238 e. The molecule has 1 rings (SSSR count). The molecule has 0 fully saturated rings. The van der Waals surface area contributed by atoms with Crippen LogP contribution < -0.4 is 10.5 Å². The summed E-state index contributed by atoms with van der Waals surface area (Å²) in [6.07, 6.45) is 0. The summed E-state index contributed by atoms with van der Waals surface area (Å²) in [6, 6.07) is 3.70. The number of thioether (sulfide) groups is 1. The van der Waals surface area contributed by atoms with E-state index in [4.69, 9.17) is 15.2 Å². The molecule has 0 bridgehead atoms. The molecule has 0 aliphatic heterocycles. The van der Waals surface area contributed by atoms with Gasteiger partial charge in [-0.2, -0.15) is 0 Å². The number of pyridine rings is 1. The molecule has 1 heterocycles. The zero-order valence-corrected chi connectivity index (χ0v) is 9.84. The predicted octanol–water partition coefficient (Wildman–Crippen LogP) is 1.80. The smallest absolute Gasteiger partial charge is 0.238 e. The van der Waals surface area contributed by atoms with Crippen molar-refractivity contribution in [2.45, 2.75) is 11.9 Å². The number of nitrogens with two attached hydrogens (primary N) is 1. The number of nitrogens with zero attached hydrogens (tertiary/aromatic N) is 1. The van der Waals surface area contributed by atoms with E-state index in [2.05, 4.69) is 4.98 Å². The number of rotatable bonds is 6. The second kappa shape index (κ2) is 6.53. The molecule has 0 aliphatic carbocycles. The zero-order chi connectivity index (χ0) is 11.1. The fraction of sp³-hybridized carbons (Fsp3) is 0.500. The highest BCUT2D eigenvalue weighted by molar-refractivity contribution is 7.99. The number of aromatic nitrogens is 1. The molecule has 0 atom stereocenters. The Morgan fingerprint density at radius 3 is 2.93 bits per heavy atom. The van der Waals surface area contributed by atoms with Gasteiger partial charge in [0.1, 0.15) is 5.03 Å². The van der Waals surface area contributed by atoms with E-state index < -0.39 is 0 Å². The van der Waals surface area contributed by atoms with Crippen LogP contribution in [0.3, 0.4) is 0 Å². The summed E-state index contributed by atoms with van der Waals surface area (Å²) in [6.45, 7) is 3.19.